The van der Waals surface area contributed by atoms with Crippen LogP contribution in [-0.4, -0.2) is 60.0 Å². The first-order chi connectivity index (χ1) is 21.0. The van der Waals surface area contributed by atoms with Crippen LogP contribution in [0, 0.1) is 0 Å². The number of anilines is 2. The average Bonchev–Trinajstić information content (AvgIpc) is 3.05. The van der Waals surface area contributed by atoms with Gasteiger partial charge in [-0.05, 0) is 52.6 Å². The van der Waals surface area contributed by atoms with Crippen molar-refractivity contribution in [3.63, 3.8) is 0 Å². The quantitative estimate of drug-likeness (QED) is 0.247. The molecular weight excluding hydrogens is 542 g/mol. The lowest BCUT2D eigenvalue weighted by Gasteiger charge is -2.35. The molecule has 1 fully saturated rings. The Hall–Kier alpha value is -4.80. The van der Waals surface area contributed by atoms with Gasteiger partial charge in [-0.15, -0.1) is 0 Å². The minimum absolute atomic E-state index is 0.157. The van der Waals surface area contributed by atoms with Gasteiger partial charge >= 0.3 is 0 Å². The molecule has 10 nitrogen and oxygen atoms in total. The number of amides is 2. The number of ether oxygens (including phenoxy) is 1. The first-order valence-electron chi connectivity index (χ1n) is 14.4. The van der Waals surface area contributed by atoms with Crippen LogP contribution in [-0.2, 0) is 30.8 Å². The first-order valence-corrected chi connectivity index (χ1v) is 14.4. The van der Waals surface area contributed by atoms with Gasteiger partial charge in [-0.1, -0.05) is 42.5 Å². The maximum atomic E-state index is 13.1. The lowest BCUT2D eigenvalue weighted by molar-refractivity contribution is -0.115. The first kappa shape index (κ1) is 29.7. The van der Waals surface area contributed by atoms with Crippen LogP contribution >= 0.6 is 0 Å². The number of piperazine rings is 1. The van der Waals surface area contributed by atoms with Gasteiger partial charge in [0.1, 0.15) is 5.75 Å². The predicted octanol–water partition coefficient (Wildman–Crippen LogP) is 3.38. The molecule has 1 aliphatic heterocycles. The van der Waals surface area contributed by atoms with E-state index >= 15 is 0 Å². The highest BCUT2D eigenvalue weighted by Crippen LogP contribution is 2.22. The maximum Gasteiger partial charge on any atom is 0.251 e. The molecule has 4 aromatic rings. The summed E-state index contributed by atoms with van der Waals surface area (Å²) in [6.45, 7) is 4.75. The van der Waals surface area contributed by atoms with E-state index in [2.05, 4.69) is 30.4 Å². The molecule has 4 N–H and O–H groups in total. The van der Waals surface area contributed by atoms with E-state index in [1.54, 1.807) is 25.6 Å². The van der Waals surface area contributed by atoms with Crippen LogP contribution in [0.3, 0.4) is 0 Å². The zero-order valence-corrected chi connectivity index (χ0v) is 24.3. The zero-order chi connectivity index (χ0) is 30.0. The van der Waals surface area contributed by atoms with Gasteiger partial charge in [0, 0.05) is 69.5 Å². The SMILES string of the molecule is COc1ccc(CC(=O)Nc2cc(C(=O)NCc3ccc(CN)cc3)ccc2CN2CCN(c3ncccn3)CC2)cc1. The van der Waals surface area contributed by atoms with E-state index in [4.69, 9.17) is 10.5 Å². The molecule has 0 aliphatic carbocycles. The molecule has 0 spiro atoms. The number of aromatic nitrogens is 2. The number of carbonyl (C=O) groups excluding carboxylic acids is 2. The van der Waals surface area contributed by atoms with Gasteiger partial charge < -0.3 is 26.0 Å². The Balaban J connectivity index is 1.28. The number of benzene rings is 3. The van der Waals surface area contributed by atoms with Gasteiger partial charge in [0.25, 0.3) is 5.91 Å². The van der Waals surface area contributed by atoms with Crippen molar-refractivity contribution < 1.29 is 14.3 Å². The molecule has 5 rings (SSSR count). The van der Waals surface area contributed by atoms with Gasteiger partial charge in [0.15, 0.2) is 0 Å². The summed E-state index contributed by atoms with van der Waals surface area (Å²) in [5, 5.41) is 6.06. The molecule has 43 heavy (non-hydrogen) atoms. The Morgan fingerprint density at radius 1 is 0.884 bits per heavy atom. The Morgan fingerprint density at radius 2 is 1.56 bits per heavy atom. The number of methoxy groups -OCH3 is 1. The van der Waals surface area contributed by atoms with Crippen LogP contribution in [0.2, 0.25) is 0 Å². The van der Waals surface area contributed by atoms with Crippen LogP contribution in [0.1, 0.15) is 32.6 Å². The van der Waals surface area contributed by atoms with Crippen molar-refractivity contribution in [2.24, 2.45) is 5.73 Å². The number of nitrogens with one attached hydrogen (secondary N) is 2. The fourth-order valence-electron chi connectivity index (χ4n) is 4.97. The summed E-state index contributed by atoms with van der Waals surface area (Å²) in [6.07, 6.45) is 3.71. The van der Waals surface area contributed by atoms with E-state index in [1.807, 2.05) is 66.7 Å². The number of carbonyl (C=O) groups is 2. The van der Waals surface area contributed by atoms with Gasteiger partial charge in [-0.25, -0.2) is 9.97 Å². The smallest absolute Gasteiger partial charge is 0.251 e. The van der Waals surface area contributed by atoms with E-state index < -0.39 is 0 Å². The van der Waals surface area contributed by atoms with Crippen LogP contribution in [0.4, 0.5) is 11.6 Å². The molecule has 2 amide bonds. The predicted molar refractivity (Wildman–Crippen MR) is 167 cm³/mol. The third-order valence-electron chi connectivity index (χ3n) is 7.48. The maximum absolute atomic E-state index is 13.1. The Kier molecular flexibility index (Phi) is 9.94. The van der Waals surface area contributed by atoms with Crippen molar-refractivity contribution in [3.05, 3.63) is 113 Å². The summed E-state index contributed by atoms with van der Waals surface area (Å²) in [6, 6.07) is 22.6. The monoisotopic (exact) mass is 579 g/mol. The standard InChI is InChI=1S/C33H37N7O3/c1-43-29-11-7-24(8-12-29)19-31(41)38-30-20-27(32(42)37-22-26-5-3-25(21-34)4-6-26)9-10-28(30)23-39-15-17-40(18-16-39)33-35-13-2-14-36-33/h2-14,20H,15-19,21-23,34H2,1H3,(H,37,42)(H,38,41). The number of hydrogen-bond donors (Lipinski definition) is 3. The van der Waals surface area contributed by atoms with Crippen LogP contribution in [0.15, 0.2) is 85.2 Å². The van der Waals surface area contributed by atoms with Gasteiger partial charge in [0.2, 0.25) is 11.9 Å². The van der Waals surface area contributed by atoms with Gasteiger partial charge in [0.05, 0.1) is 13.5 Å². The molecule has 1 saturated heterocycles. The number of nitrogens with two attached hydrogens (primary N) is 1. The fourth-order valence-corrected chi connectivity index (χ4v) is 4.97. The Labute approximate surface area is 251 Å². The van der Waals surface area contributed by atoms with E-state index in [-0.39, 0.29) is 18.2 Å². The Bertz CT molecular complexity index is 1500. The number of hydrogen-bond acceptors (Lipinski definition) is 8. The van der Waals surface area contributed by atoms with Crippen molar-refractivity contribution in [2.75, 3.05) is 43.5 Å². The third-order valence-corrected chi connectivity index (χ3v) is 7.48. The zero-order valence-electron chi connectivity index (χ0n) is 24.3. The number of rotatable bonds is 11. The van der Waals surface area contributed by atoms with Gasteiger partial charge in [-0.2, -0.15) is 0 Å². The lowest BCUT2D eigenvalue weighted by Crippen LogP contribution is -2.46. The summed E-state index contributed by atoms with van der Waals surface area (Å²) in [5.74, 6) is 1.10. The van der Waals surface area contributed by atoms with Crippen molar-refractivity contribution in [1.29, 1.82) is 0 Å². The van der Waals surface area contributed by atoms with Crippen molar-refractivity contribution in [3.8, 4) is 5.75 Å². The molecule has 0 bridgehead atoms. The topological polar surface area (TPSA) is 126 Å². The second-order valence-corrected chi connectivity index (χ2v) is 10.5. The van der Waals surface area contributed by atoms with Crippen LogP contribution in [0.5, 0.6) is 5.75 Å². The largest absolute Gasteiger partial charge is 0.497 e. The molecule has 2 heterocycles. The summed E-state index contributed by atoms with van der Waals surface area (Å²) in [4.78, 5) is 39.5. The Morgan fingerprint density at radius 3 is 2.23 bits per heavy atom. The molecule has 0 radical (unpaired) electrons. The minimum Gasteiger partial charge on any atom is -0.497 e. The molecular formula is C33H37N7O3. The fraction of sp³-hybridized carbons (Fsp3) is 0.273. The molecule has 0 saturated carbocycles. The highest BCUT2D eigenvalue weighted by Gasteiger charge is 2.21. The summed E-state index contributed by atoms with van der Waals surface area (Å²) < 4.78 is 5.23. The molecule has 1 aliphatic rings. The third kappa shape index (κ3) is 8.15. The molecule has 0 atom stereocenters. The van der Waals surface area contributed by atoms with E-state index in [0.29, 0.717) is 30.9 Å². The molecule has 1 aromatic heterocycles. The summed E-state index contributed by atoms with van der Waals surface area (Å²) in [5.41, 5.74) is 10.6. The van der Waals surface area contributed by atoms with E-state index in [1.165, 1.54) is 0 Å². The molecule has 3 aromatic carbocycles. The lowest BCUT2D eigenvalue weighted by atomic mass is 10.1. The van der Waals surface area contributed by atoms with Crippen molar-refractivity contribution in [2.45, 2.75) is 26.1 Å². The van der Waals surface area contributed by atoms with Crippen molar-refractivity contribution >= 4 is 23.5 Å². The molecule has 222 valence electrons. The average molecular weight is 580 g/mol. The second-order valence-electron chi connectivity index (χ2n) is 10.5. The van der Waals surface area contributed by atoms with Crippen LogP contribution in [0.25, 0.3) is 0 Å². The van der Waals surface area contributed by atoms with Gasteiger partial charge in [-0.3, -0.25) is 14.5 Å². The number of nitrogens with zero attached hydrogens (tertiary/aromatic N) is 4. The molecule has 0 unspecified atom stereocenters. The van der Waals surface area contributed by atoms with Crippen LogP contribution < -0.4 is 26.0 Å². The normalized spacial score (nSPS) is 13.4. The summed E-state index contributed by atoms with van der Waals surface area (Å²) >= 11 is 0. The minimum atomic E-state index is -0.211. The summed E-state index contributed by atoms with van der Waals surface area (Å²) in [7, 11) is 1.61. The van der Waals surface area contributed by atoms with Crippen molar-refractivity contribution in [1.82, 2.24) is 20.2 Å². The molecule has 10 heteroatoms. The highest BCUT2D eigenvalue weighted by molar-refractivity contribution is 5.98. The highest BCUT2D eigenvalue weighted by atomic mass is 16.5. The second kappa shape index (κ2) is 14.4. The van der Waals surface area contributed by atoms with E-state index in [9.17, 15) is 9.59 Å². The van der Waals surface area contributed by atoms with E-state index in [0.717, 1.165) is 60.1 Å².